The van der Waals surface area contributed by atoms with Gasteiger partial charge in [-0.1, -0.05) is 29.8 Å². The molecule has 3 rings (SSSR count). The number of nitrogens with one attached hydrogen (secondary N) is 1. The van der Waals surface area contributed by atoms with E-state index in [1.165, 1.54) is 17.7 Å². The van der Waals surface area contributed by atoms with Gasteiger partial charge in [-0.25, -0.2) is 0 Å². The highest BCUT2D eigenvalue weighted by Crippen LogP contribution is 2.26. The van der Waals surface area contributed by atoms with Crippen molar-refractivity contribution in [3.63, 3.8) is 0 Å². The Morgan fingerprint density at radius 2 is 1.83 bits per heavy atom. The van der Waals surface area contributed by atoms with Gasteiger partial charge in [0.1, 0.15) is 5.75 Å². The molecule has 2 N–H and O–H groups in total. The number of carbonyl (C=O) groups is 2. The van der Waals surface area contributed by atoms with E-state index >= 15 is 0 Å². The second-order valence-electron chi connectivity index (χ2n) is 6.13. The molecule has 2 aromatic carbocycles. The number of hydrogen-bond acceptors (Lipinski definition) is 3. The van der Waals surface area contributed by atoms with Crippen molar-refractivity contribution in [2.24, 2.45) is 5.92 Å². The summed E-state index contributed by atoms with van der Waals surface area (Å²) in [5.41, 5.74) is 2.91. The maximum atomic E-state index is 12.3. The van der Waals surface area contributed by atoms with E-state index < -0.39 is 0 Å². The number of aryl methyl sites for hydroxylation is 1. The van der Waals surface area contributed by atoms with E-state index in [9.17, 15) is 14.7 Å². The van der Waals surface area contributed by atoms with Gasteiger partial charge in [0.25, 0.3) is 0 Å². The Balaban J connectivity index is 1.59. The predicted molar refractivity (Wildman–Crippen MR) is 91.6 cm³/mol. The molecule has 1 aliphatic rings. The van der Waals surface area contributed by atoms with Crippen molar-refractivity contribution >= 4 is 17.5 Å². The SMILES string of the molecule is Cc1ccc(CNC(=O)[C@@H]2CC(=O)N(c3ccc(O)cc3)C2)cc1. The molecule has 0 saturated carbocycles. The van der Waals surface area contributed by atoms with Gasteiger partial charge >= 0.3 is 0 Å². The van der Waals surface area contributed by atoms with Crippen LogP contribution in [-0.4, -0.2) is 23.5 Å². The topological polar surface area (TPSA) is 69.6 Å². The minimum Gasteiger partial charge on any atom is -0.508 e. The van der Waals surface area contributed by atoms with Gasteiger partial charge in [-0.15, -0.1) is 0 Å². The molecule has 5 nitrogen and oxygen atoms in total. The first kappa shape index (κ1) is 16.1. The molecular weight excluding hydrogens is 304 g/mol. The number of anilines is 1. The molecule has 0 aromatic heterocycles. The molecule has 1 aliphatic heterocycles. The molecule has 0 bridgehead atoms. The van der Waals surface area contributed by atoms with E-state index in [2.05, 4.69) is 5.32 Å². The highest BCUT2D eigenvalue weighted by Gasteiger charge is 2.34. The van der Waals surface area contributed by atoms with Crippen molar-refractivity contribution in [2.75, 3.05) is 11.4 Å². The number of benzene rings is 2. The summed E-state index contributed by atoms with van der Waals surface area (Å²) in [6.45, 7) is 2.84. The van der Waals surface area contributed by atoms with Gasteiger partial charge in [0.05, 0.1) is 5.92 Å². The van der Waals surface area contributed by atoms with E-state index in [-0.39, 0.29) is 29.9 Å². The Bertz CT molecular complexity index is 738. The zero-order valence-electron chi connectivity index (χ0n) is 13.5. The average Bonchev–Trinajstić information content (AvgIpc) is 2.97. The Labute approximate surface area is 140 Å². The number of amides is 2. The van der Waals surface area contributed by atoms with Crippen molar-refractivity contribution in [1.82, 2.24) is 5.32 Å². The van der Waals surface area contributed by atoms with Crippen LogP contribution in [0.5, 0.6) is 5.75 Å². The minimum atomic E-state index is -0.350. The van der Waals surface area contributed by atoms with Gasteiger partial charge in [0, 0.05) is 25.2 Å². The molecule has 1 heterocycles. The molecule has 0 unspecified atom stereocenters. The molecule has 1 atom stereocenters. The normalized spacial score (nSPS) is 17.1. The van der Waals surface area contributed by atoms with E-state index in [1.807, 2.05) is 31.2 Å². The molecule has 2 amide bonds. The first-order valence-corrected chi connectivity index (χ1v) is 7.95. The smallest absolute Gasteiger partial charge is 0.227 e. The highest BCUT2D eigenvalue weighted by atomic mass is 16.3. The van der Waals surface area contributed by atoms with Crippen LogP contribution in [0.2, 0.25) is 0 Å². The van der Waals surface area contributed by atoms with Crippen LogP contribution < -0.4 is 10.2 Å². The van der Waals surface area contributed by atoms with Gasteiger partial charge in [0.15, 0.2) is 0 Å². The van der Waals surface area contributed by atoms with Crippen molar-refractivity contribution in [1.29, 1.82) is 0 Å². The molecule has 5 heteroatoms. The maximum Gasteiger partial charge on any atom is 0.227 e. The van der Waals surface area contributed by atoms with Gasteiger partial charge < -0.3 is 15.3 Å². The van der Waals surface area contributed by atoms with Crippen LogP contribution in [0.25, 0.3) is 0 Å². The van der Waals surface area contributed by atoms with Crippen molar-refractivity contribution in [3.8, 4) is 5.75 Å². The molecule has 1 fully saturated rings. The lowest BCUT2D eigenvalue weighted by Gasteiger charge is -2.16. The Kier molecular flexibility index (Phi) is 4.51. The van der Waals surface area contributed by atoms with Crippen LogP contribution in [0, 0.1) is 12.8 Å². The van der Waals surface area contributed by atoms with Crippen LogP contribution in [0.3, 0.4) is 0 Å². The van der Waals surface area contributed by atoms with Gasteiger partial charge in [-0.05, 0) is 36.8 Å². The summed E-state index contributed by atoms with van der Waals surface area (Å²) in [4.78, 5) is 26.1. The Morgan fingerprint density at radius 3 is 2.50 bits per heavy atom. The molecule has 0 aliphatic carbocycles. The molecule has 2 aromatic rings. The quantitative estimate of drug-likeness (QED) is 0.907. The predicted octanol–water partition coefficient (Wildman–Crippen LogP) is 2.37. The van der Waals surface area contributed by atoms with Gasteiger partial charge in [0.2, 0.25) is 11.8 Å². The monoisotopic (exact) mass is 324 g/mol. The lowest BCUT2D eigenvalue weighted by molar-refractivity contribution is -0.126. The summed E-state index contributed by atoms with van der Waals surface area (Å²) in [7, 11) is 0. The lowest BCUT2D eigenvalue weighted by atomic mass is 10.1. The first-order chi connectivity index (χ1) is 11.5. The number of hydrogen-bond donors (Lipinski definition) is 2. The van der Waals surface area contributed by atoms with Crippen LogP contribution in [-0.2, 0) is 16.1 Å². The number of phenols is 1. The van der Waals surface area contributed by atoms with Crippen LogP contribution >= 0.6 is 0 Å². The van der Waals surface area contributed by atoms with E-state index in [0.29, 0.717) is 18.8 Å². The number of phenolic OH excluding ortho intramolecular Hbond substituents is 1. The first-order valence-electron chi connectivity index (χ1n) is 7.95. The van der Waals surface area contributed by atoms with Crippen LogP contribution in [0.15, 0.2) is 48.5 Å². The highest BCUT2D eigenvalue weighted by molar-refractivity contribution is 6.00. The molecular formula is C19H20N2O3. The fraction of sp³-hybridized carbons (Fsp3) is 0.263. The number of nitrogens with zero attached hydrogens (tertiary/aromatic N) is 1. The molecule has 0 radical (unpaired) electrons. The van der Waals surface area contributed by atoms with E-state index in [0.717, 1.165) is 5.56 Å². The standard InChI is InChI=1S/C19H20N2O3/c1-13-2-4-14(5-3-13)11-20-19(24)15-10-18(23)21(12-15)16-6-8-17(22)9-7-16/h2-9,15,22H,10-12H2,1H3,(H,20,24)/t15-/m1/s1. The third-order valence-corrected chi connectivity index (χ3v) is 4.24. The summed E-state index contributed by atoms with van der Waals surface area (Å²) in [5, 5.41) is 12.2. The largest absolute Gasteiger partial charge is 0.508 e. The summed E-state index contributed by atoms with van der Waals surface area (Å²) < 4.78 is 0. The maximum absolute atomic E-state index is 12.3. The number of aromatic hydroxyl groups is 1. The summed E-state index contributed by atoms with van der Waals surface area (Å²) in [5.74, 6) is -0.379. The third kappa shape index (κ3) is 3.56. The number of carbonyl (C=O) groups excluding carboxylic acids is 2. The Hall–Kier alpha value is -2.82. The molecule has 1 saturated heterocycles. The van der Waals surface area contributed by atoms with Crippen molar-refractivity contribution in [3.05, 3.63) is 59.7 Å². The summed E-state index contributed by atoms with van der Waals surface area (Å²) >= 11 is 0. The molecule has 124 valence electrons. The summed E-state index contributed by atoms with van der Waals surface area (Å²) in [6.07, 6.45) is 0.209. The Morgan fingerprint density at radius 1 is 1.17 bits per heavy atom. The zero-order valence-corrected chi connectivity index (χ0v) is 13.5. The summed E-state index contributed by atoms with van der Waals surface area (Å²) in [6, 6.07) is 14.4. The molecule has 24 heavy (non-hydrogen) atoms. The zero-order chi connectivity index (χ0) is 17.1. The third-order valence-electron chi connectivity index (χ3n) is 4.24. The number of rotatable bonds is 4. The van der Waals surface area contributed by atoms with E-state index in [1.54, 1.807) is 17.0 Å². The fourth-order valence-electron chi connectivity index (χ4n) is 2.80. The average molecular weight is 324 g/mol. The molecule has 0 spiro atoms. The van der Waals surface area contributed by atoms with E-state index in [4.69, 9.17) is 0 Å². The minimum absolute atomic E-state index is 0.0730. The van der Waals surface area contributed by atoms with Crippen molar-refractivity contribution in [2.45, 2.75) is 19.9 Å². The van der Waals surface area contributed by atoms with Crippen LogP contribution in [0.1, 0.15) is 17.5 Å². The second kappa shape index (κ2) is 6.74. The fourth-order valence-corrected chi connectivity index (χ4v) is 2.80. The van der Waals surface area contributed by atoms with Gasteiger partial charge in [-0.2, -0.15) is 0 Å². The second-order valence-corrected chi connectivity index (χ2v) is 6.13. The van der Waals surface area contributed by atoms with Crippen molar-refractivity contribution < 1.29 is 14.7 Å². The van der Waals surface area contributed by atoms with Crippen LogP contribution in [0.4, 0.5) is 5.69 Å². The van der Waals surface area contributed by atoms with Gasteiger partial charge in [-0.3, -0.25) is 9.59 Å². The lowest BCUT2D eigenvalue weighted by Crippen LogP contribution is -2.32.